The second-order valence-electron chi connectivity index (χ2n) is 5.67. The summed E-state index contributed by atoms with van der Waals surface area (Å²) < 4.78 is 5.28. The molecule has 1 unspecified atom stereocenters. The average molecular weight is 377 g/mol. The van der Waals surface area contributed by atoms with E-state index in [1.807, 2.05) is 6.07 Å². The van der Waals surface area contributed by atoms with Gasteiger partial charge in [0.1, 0.15) is 5.92 Å². The zero-order chi connectivity index (χ0) is 17.9. The lowest BCUT2D eigenvalue weighted by Crippen LogP contribution is -2.20. The number of hydrogen-bond donors (Lipinski definition) is 1. The summed E-state index contributed by atoms with van der Waals surface area (Å²) >= 11 is 3.44. The molecule has 0 amide bonds. The number of carbonyl (C=O) groups is 1. The van der Waals surface area contributed by atoms with Crippen molar-refractivity contribution >= 4 is 28.6 Å². The van der Waals surface area contributed by atoms with Crippen LogP contribution in [0.4, 0.5) is 0 Å². The fourth-order valence-electron chi connectivity index (χ4n) is 2.25. The summed E-state index contributed by atoms with van der Waals surface area (Å²) in [6.07, 6.45) is 4.76. The highest BCUT2D eigenvalue weighted by Gasteiger charge is 2.16. The number of aliphatic hydroxyl groups excluding tert-OH is 1. The number of thiophene rings is 2. The van der Waals surface area contributed by atoms with Gasteiger partial charge in [-0.25, -0.2) is 0 Å². The first-order valence-electron chi connectivity index (χ1n) is 8.63. The van der Waals surface area contributed by atoms with E-state index < -0.39 is 11.9 Å². The van der Waals surface area contributed by atoms with Crippen molar-refractivity contribution in [2.75, 3.05) is 13.2 Å². The molecule has 2 rings (SSSR count). The van der Waals surface area contributed by atoms with Crippen LogP contribution < -0.4 is 0 Å². The molecule has 0 bridgehead atoms. The van der Waals surface area contributed by atoms with Gasteiger partial charge in [0.2, 0.25) is 0 Å². The number of ether oxygens (including phenoxy) is 1. The Bertz CT molecular complexity index is 692. The van der Waals surface area contributed by atoms with Crippen LogP contribution in [0.25, 0.3) is 9.75 Å². The largest absolute Gasteiger partial charge is 0.464 e. The van der Waals surface area contributed by atoms with Gasteiger partial charge in [0.15, 0.2) is 0 Å². The van der Waals surface area contributed by atoms with Gasteiger partial charge in [0.05, 0.1) is 13.2 Å². The SMILES string of the molecule is CCCCCC#CC(CO)C(=O)OCCc1ccc(-c2cccs2)s1. The van der Waals surface area contributed by atoms with Gasteiger partial charge in [-0.3, -0.25) is 4.79 Å². The average Bonchev–Trinajstić information content (AvgIpc) is 3.29. The van der Waals surface area contributed by atoms with Gasteiger partial charge in [-0.15, -0.1) is 28.6 Å². The lowest BCUT2D eigenvalue weighted by atomic mass is 10.1. The Kier molecular flexibility index (Phi) is 8.75. The fraction of sp³-hybridized carbons (Fsp3) is 0.450. The van der Waals surface area contributed by atoms with Gasteiger partial charge in [-0.05, 0) is 30.0 Å². The van der Waals surface area contributed by atoms with Gasteiger partial charge in [0.25, 0.3) is 0 Å². The Morgan fingerprint density at radius 1 is 1.28 bits per heavy atom. The Morgan fingerprint density at radius 3 is 2.88 bits per heavy atom. The second-order valence-corrected chi connectivity index (χ2v) is 7.79. The molecule has 134 valence electrons. The van der Waals surface area contributed by atoms with E-state index in [0.717, 1.165) is 25.7 Å². The van der Waals surface area contributed by atoms with Crippen molar-refractivity contribution in [3.63, 3.8) is 0 Å². The molecule has 0 fully saturated rings. The summed E-state index contributed by atoms with van der Waals surface area (Å²) in [7, 11) is 0. The minimum Gasteiger partial charge on any atom is -0.464 e. The fourth-order valence-corrected chi connectivity index (χ4v) is 4.08. The summed E-state index contributed by atoms with van der Waals surface area (Å²) in [4.78, 5) is 15.7. The monoisotopic (exact) mass is 376 g/mol. The first-order chi connectivity index (χ1) is 12.2. The Balaban J connectivity index is 1.75. The summed E-state index contributed by atoms with van der Waals surface area (Å²) in [5.74, 6) is 4.64. The smallest absolute Gasteiger partial charge is 0.323 e. The Labute approximate surface area is 157 Å². The Hall–Kier alpha value is -1.61. The van der Waals surface area contributed by atoms with Crippen molar-refractivity contribution in [3.05, 3.63) is 34.5 Å². The predicted molar refractivity (Wildman–Crippen MR) is 105 cm³/mol. The molecule has 0 aromatic carbocycles. The molecule has 2 aromatic heterocycles. The minimum atomic E-state index is -0.730. The van der Waals surface area contributed by atoms with Crippen LogP contribution in [-0.2, 0) is 16.0 Å². The van der Waals surface area contributed by atoms with Crippen LogP contribution in [-0.4, -0.2) is 24.3 Å². The van der Waals surface area contributed by atoms with Gasteiger partial charge >= 0.3 is 5.97 Å². The molecule has 0 radical (unpaired) electrons. The van der Waals surface area contributed by atoms with Crippen LogP contribution in [0.15, 0.2) is 29.6 Å². The van der Waals surface area contributed by atoms with E-state index in [-0.39, 0.29) is 6.61 Å². The van der Waals surface area contributed by atoms with E-state index in [1.54, 1.807) is 22.7 Å². The van der Waals surface area contributed by atoms with E-state index >= 15 is 0 Å². The van der Waals surface area contributed by atoms with Crippen LogP contribution in [0, 0.1) is 17.8 Å². The number of esters is 1. The number of hydrogen-bond acceptors (Lipinski definition) is 5. The zero-order valence-corrected chi connectivity index (χ0v) is 16.1. The molecule has 0 aliphatic heterocycles. The third-order valence-corrected chi connectivity index (χ3v) is 5.88. The predicted octanol–water partition coefficient (Wildman–Crippen LogP) is 4.75. The molecule has 5 heteroatoms. The molecule has 0 spiro atoms. The molecule has 1 atom stereocenters. The lowest BCUT2D eigenvalue weighted by molar-refractivity contribution is -0.147. The van der Waals surface area contributed by atoms with Crippen LogP contribution >= 0.6 is 22.7 Å². The first-order valence-corrected chi connectivity index (χ1v) is 10.3. The van der Waals surface area contributed by atoms with Gasteiger partial charge in [-0.2, -0.15) is 0 Å². The quantitative estimate of drug-likeness (QED) is 0.390. The maximum Gasteiger partial charge on any atom is 0.323 e. The van der Waals surface area contributed by atoms with Crippen molar-refractivity contribution in [3.8, 4) is 21.6 Å². The van der Waals surface area contributed by atoms with Crippen molar-refractivity contribution in [1.29, 1.82) is 0 Å². The number of aliphatic hydroxyl groups is 1. The molecule has 25 heavy (non-hydrogen) atoms. The van der Waals surface area contributed by atoms with E-state index in [1.165, 1.54) is 14.6 Å². The first kappa shape index (κ1) is 19.7. The number of unbranched alkanes of at least 4 members (excludes halogenated alkanes) is 3. The van der Waals surface area contributed by atoms with Crippen LogP contribution in [0.3, 0.4) is 0 Å². The van der Waals surface area contributed by atoms with Crippen molar-refractivity contribution in [1.82, 2.24) is 0 Å². The highest BCUT2D eigenvalue weighted by Crippen LogP contribution is 2.31. The van der Waals surface area contributed by atoms with Crippen LogP contribution in [0.1, 0.15) is 37.5 Å². The number of carbonyl (C=O) groups excluding carboxylic acids is 1. The zero-order valence-electron chi connectivity index (χ0n) is 14.5. The molecule has 3 nitrogen and oxygen atoms in total. The van der Waals surface area contributed by atoms with Gasteiger partial charge in [0, 0.05) is 27.5 Å². The van der Waals surface area contributed by atoms with E-state index in [0.29, 0.717) is 13.0 Å². The standard InChI is InChI=1S/C20H24O3S2/c1-2-3-4-5-6-8-16(15-21)20(22)23-13-12-17-10-11-19(25-17)18-9-7-14-24-18/h7,9-11,14,16,21H,2-5,12-13,15H2,1H3. The van der Waals surface area contributed by atoms with E-state index in [9.17, 15) is 9.90 Å². The van der Waals surface area contributed by atoms with E-state index in [4.69, 9.17) is 4.74 Å². The second kappa shape index (κ2) is 11.1. The maximum absolute atomic E-state index is 12.0. The molecular formula is C20H24O3S2. The highest BCUT2D eigenvalue weighted by atomic mass is 32.1. The third-order valence-electron chi connectivity index (χ3n) is 3.67. The maximum atomic E-state index is 12.0. The molecule has 2 aromatic rings. The number of rotatable bonds is 9. The van der Waals surface area contributed by atoms with E-state index in [2.05, 4.69) is 42.3 Å². The van der Waals surface area contributed by atoms with Crippen LogP contribution in [0.2, 0.25) is 0 Å². The van der Waals surface area contributed by atoms with Crippen molar-refractivity contribution < 1.29 is 14.6 Å². The summed E-state index contributed by atoms with van der Waals surface area (Å²) in [5.41, 5.74) is 0. The molecule has 0 saturated carbocycles. The molecule has 0 saturated heterocycles. The Morgan fingerprint density at radius 2 is 2.16 bits per heavy atom. The molecule has 2 heterocycles. The van der Waals surface area contributed by atoms with Crippen LogP contribution in [0.5, 0.6) is 0 Å². The molecular weight excluding hydrogens is 352 g/mol. The lowest BCUT2D eigenvalue weighted by Gasteiger charge is -2.07. The third kappa shape index (κ3) is 6.66. The topological polar surface area (TPSA) is 46.5 Å². The molecule has 0 aliphatic carbocycles. The van der Waals surface area contributed by atoms with Gasteiger partial charge in [-0.1, -0.05) is 31.8 Å². The summed E-state index contributed by atoms with van der Waals surface area (Å²) in [5, 5.41) is 11.4. The van der Waals surface area contributed by atoms with Gasteiger partial charge < -0.3 is 9.84 Å². The normalized spacial score (nSPS) is 11.6. The highest BCUT2D eigenvalue weighted by molar-refractivity contribution is 7.21. The van der Waals surface area contributed by atoms with Crippen molar-refractivity contribution in [2.45, 2.75) is 39.0 Å². The van der Waals surface area contributed by atoms with Crippen molar-refractivity contribution in [2.24, 2.45) is 5.92 Å². The molecule has 0 aliphatic rings. The summed E-state index contributed by atoms with van der Waals surface area (Å²) in [6, 6.07) is 8.32. The molecule has 1 N–H and O–H groups in total. The summed E-state index contributed by atoms with van der Waals surface area (Å²) in [6.45, 7) is 2.16. The minimum absolute atomic E-state index is 0.291.